The van der Waals surface area contributed by atoms with E-state index in [4.69, 9.17) is 4.74 Å². The Hall–Kier alpha value is -3.15. The minimum absolute atomic E-state index is 0.00646. The maximum absolute atomic E-state index is 12.3. The van der Waals surface area contributed by atoms with Crippen LogP contribution < -0.4 is 10.1 Å². The number of carbonyl (C=O) groups is 1. The van der Waals surface area contributed by atoms with E-state index in [0.717, 1.165) is 28.2 Å². The van der Waals surface area contributed by atoms with Crippen molar-refractivity contribution in [1.82, 2.24) is 20.1 Å². The number of benzene rings is 1. The largest absolute Gasteiger partial charge is 0.475 e. The van der Waals surface area contributed by atoms with Gasteiger partial charge in [-0.3, -0.25) is 4.79 Å². The molecule has 0 aliphatic rings. The Kier molecular flexibility index (Phi) is 6.65. The molecule has 2 aromatic heterocycles. The second-order valence-electron chi connectivity index (χ2n) is 7.42. The fourth-order valence-corrected chi connectivity index (χ4v) is 3.12. The fraction of sp³-hybridized carbons (Fsp3) is 0.348. The molecule has 1 amide bonds. The summed E-state index contributed by atoms with van der Waals surface area (Å²) in [5, 5.41) is 7.46. The molecule has 0 aliphatic carbocycles. The van der Waals surface area contributed by atoms with Gasteiger partial charge < -0.3 is 10.1 Å². The van der Waals surface area contributed by atoms with Gasteiger partial charge in [-0.1, -0.05) is 18.2 Å². The van der Waals surface area contributed by atoms with Crippen LogP contribution in [0.4, 0.5) is 0 Å². The number of rotatable bonds is 8. The van der Waals surface area contributed by atoms with Crippen LogP contribution in [0, 0.1) is 13.8 Å². The van der Waals surface area contributed by atoms with E-state index in [1.54, 1.807) is 6.20 Å². The first kappa shape index (κ1) is 20.6. The van der Waals surface area contributed by atoms with Crippen molar-refractivity contribution in [3.63, 3.8) is 0 Å². The molecule has 6 heteroatoms. The van der Waals surface area contributed by atoms with Gasteiger partial charge in [0.1, 0.15) is 0 Å². The van der Waals surface area contributed by atoms with Crippen LogP contribution in [0.3, 0.4) is 0 Å². The van der Waals surface area contributed by atoms with Crippen molar-refractivity contribution in [2.24, 2.45) is 0 Å². The number of aromatic nitrogens is 3. The third-order valence-electron chi connectivity index (χ3n) is 4.50. The molecule has 6 nitrogen and oxygen atoms in total. The SMILES string of the molecule is Cc1cc(C)n(-c2ccc(CCC(=O)NCc3cccnc3OC(C)C)cc2)n1. The molecule has 1 N–H and O–H groups in total. The molecule has 152 valence electrons. The Morgan fingerprint density at radius 1 is 1.17 bits per heavy atom. The molecule has 0 spiro atoms. The van der Waals surface area contributed by atoms with Crippen LogP contribution in [0.15, 0.2) is 48.7 Å². The normalized spacial score (nSPS) is 10.9. The van der Waals surface area contributed by atoms with E-state index in [1.165, 1.54) is 0 Å². The molecule has 0 unspecified atom stereocenters. The minimum atomic E-state index is 0.00646. The lowest BCUT2D eigenvalue weighted by molar-refractivity contribution is -0.121. The van der Waals surface area contributed by atoms with Crippen LogP contribution in [-0.2, 0) is 17.8 Å². The monoisotopic (exact) mass is 392 g/mol. The lowest BCUT2D eigenvalue weighted by Crippen LogP contribution is -2.23. The van der Waals surface area contributed by atoms with Crippen molar-refractivity contribution in [2.75, 3.05) is 0 Å². The average molecular weight is 393 g/mol. The van der Waals surface area contributed by atoms with Gasteiger partial charge in [0.25, 0.3) is 0 Å². The summed E-state index contributed by atoms with van der Waals surface area (Å²) in [5.41, 5.74) is 5.13. The number of carbonyl (C=O) groups excluding carboxylic acids is 1. The third kappa shape index (κ3) is 5.67. The number of ether oxygens (including phenoxy) is 1. The highest BCUT2D eigenvalue weighted by atomic mass is 16.5. The first-order valence-electron chi connectivity index (χ1n) is 9.92. The Bertz CT molecular complexity index is 961. The zero-order valence-electron chi connectivity index (χ0n) is 17.5. The van der Waals surface area contributed by atoms with E-state index in [0.29, 0.717) is 25.3 Å². The number of nitrogens with zero attached hydrogens (tertiary/aromatic N) is 3. The molecule has 3 rings (SSSR count). The average Bonchev–Trinajstić information content (AvgIpc) is 3.03. The van der Waals surface area contributed by atoms with Gasteiger partial charge in [0.2, 0.25) is 11.8 Å². The molecule has 0 radical (unpaired) electrons. The first-order valence-corrected chi connectivity index (χ1v) is 9.92. The fourth-order valence-electron chi connectivity index (χ4n) is 3.12. The summed E-state index contributed by atoms with van der Waals surface area (Å²) >= 11 is 0. The van der Waals surface area contributed by atoms with Gasteiger partial charge in [-0.25, -0.2) is 9.67 Å². The zero-order chi connectivity index (χ0) is 20.8. The number of hydrogen-bond acceptors (Lipinski definition) is 4. The second-order valence-corrected chi connectivity index (χ2v) is 7.42. The highest BCUT2D eigenvalue weighted by molar-refractivity contribution is 5.76. The molecule has 2 heterocycles. The summed E-state index contributed by atoms with van der Waals surface area (Å²) in [5.74, 6) is 0.578. The Labute approximate surface area is 171 Å². The lowest BCUT2D eigenvalue weighted by atomic mass is 10.1. The third-order valence-corrected chi connectivity index (χ3v) is 4.50. The summed E-state index contributed by atoms with van der Waals surface area (Å²) in [4.78, 5) is 16.5. The van der Waals surface area contributed by atoms with Crippen LogP contribution in [0.1, 0.15) is 42.8 Å². The molecule has 0 fully saturated rings. The molecule has 0 saturated carbocycles. The van der Waals surface area contributed by atoms with E-state index in [9.17, 15) is 4.79 Å². The molecule has 0 atom stereocenters. The predicted molar refractivity (Wildman–Crippen MR) is 113 cm³/mol. The highest BCUT2D eigenvalue weighted by Crippen LogP contribution is 2.16. The van der Waals surface area contributed by atoms with Crippen LogP contribution in [-0.4, -0.2) is 26.8 Å². The van der Waals surface area contributed by atoms with Crippen molar-refractivity contribution in [3.05, 3.63) is 71.2 Å². The van der Waals surface area contributed by atoms with Gasteiger partial charge in [-0.2, -0.15) is 5.10 Å². The topological polar surface area (TPSA) is 69.0 Å². The van der Waals surface area contributed by atoms with E-state index in [2.05, 4.69) is 33.6 Å². The highest BCUT2D eigenvalue weighted by Gasteiger charge is 2.09. The number of pyridine rings is 1. The summed E-state index contributed by atoms with van der Waals surface area (Å²) in [6.07, 6.45) is 2.85. The molecule has 0 bridgehead atoms. The van der Waals surface area contributed by atoms with Gasteiger partial charge in [-0.15, -0.1) is 0 Å². The standard InChI is InChI=1S/C23H28N4O2/c1-16(2)29-23-20(6-5-13-24-23)15-25-22(28)12-9-19-7-10-21(11-8-19)27-18(4)14-17(3)26-27/h5-8,10-11,13-14,16H,9,12,15H2,1-4H3,(H,25,28). The van der Waals surface area contributed by atoms with E-state index < -0.39 is 0 Å². The van der Waals surface area contributed by atoms with Crippen molar-refractivity contribution >= 4 is 5.91 Å². The van der Waals surface area contributed by atoms with Gasteiger partial charge in [0.15, 0.2) is 0 Å². The minimum Gasteiger partial charge on any atom is -0.475 e. The van der Waals surface area contributed by atoms with Crippen molar-refractivity contribution < 1.29 is 9.53 Å². The summed E-state index contributed by atoms with van der Waals surface area (Å²) in [6, 6.07) is 14.0. The molecular formula is C23H28N4O2. The van der Waals surface area contributed by atoms with Crippen molar-refractivity contribution in [1.29, 1.82) is 0 Å². The van der Waals surface area contributed by atoms with Gasteiger partial charge in [-0.05, 0) is 63.9 Å². The smallest absolute Gasteiger partial charge is 0.220 e. The Morgan fingerprint density at radius 2 is 1.93 bits per heavy atom. The zero-order valence-corrected chi connectivity index (χ0v) is 17.5. The molecule has 29 heavy (non-hydrogen) atoms. The van der Waals surface area contributed by atoms with E-state index >= 15 is 0 Å². The van der Waals surface area contributed by atoms with E-state index in [1.807, 2.05) is 56.6 Å². The van der Waals surface area contributed by atoms with Crippen molar-refractivity contribution in [2.45, 2.75) is 53.2 Å². The Morgan fingerprint density at radius 3 is 2.59 bits per heavy atom. The van der Waals surface area contributed by atoms with Gasteiger partial charge >= 0.3 is 0 Å². The van der Waals surface area contributed by atoms with Crippen LogP contribution >= 0.6 is 0 Å². The lowest BCUT2D eigenvalue weighted by Gasteiger charge is -2.13. The van der Waals surface area contributed by atoms with Gasteiger partial charge in [0, 0.05) is 30.4 Å². The summed E-state index contributed by atoms with van der Waals surface area (Å²) < 4.78 is 7.62. The maximum Gasteiger partial charge on any atom is 0.220 e. The Balaban J connectivity index is 1.52. The van der Waals surface area contributed by atoms with Crippen molar-refractivity contribution in [3.8, 4) is 11.6 Å². The van der Waals surface area contributed by atoms with Crippen LogP contribution in [0.2, 0.25) is 0 Å². The molecule has 0 saturated heterocycles. The van der Waals surface area contributed by atoms with Crippen LogP contribution in [0.25, 0.3) is 5.69 Å². The number of amides is 1. The van der Waals surface area contributed by atoms with E-state index in [-0.39, 0.29) is 12.0 Å². The van der Waals surface area contributed by atoms with Gasteiger partial charge in [0.05, 0.1) is 17.5 Å². The summed E-state index contributed by atoms with van der Waals surface area (Å²) in [6.45, 7) is 8.35. The number of nitrogens with one attached hydrogen (secondary N) is 1. The quantitative estimate of drug-likeness (QED) is 0.631. The first-order chi connectivity index (χ1) is 13.9. The molecule has 1 aromatic carbocycles. The number of aryl methyl sites for hydroxylation is 3. The van der Waals surface area contributed by atoms with Crippen LogP contribution in [0.5, 0.6) is 5.88 Å². The summed E-state index contributed by atoms with van der Waals surface area (Å²) in [7, 11) is 0. The maximum atomic E-state index is 12.3. The second kappa shape index (κ2) is 9.37. The predicted octanol–water partition coefficient (Wildman–Crippen LogP) is 3.92. The molecule has 3 aromatic rings. The molecule has 0 aliphatic heterocycles. The number of hydrogen-bond donors (Lipinski definition) is 1. The molecular weight excluding hydrogens is 364 g/mol.